The molecule has 0 bridgehead atoms. The van der Waals surface area contributed by atoms with E-state index in [9.17, 15) is 14.4 Å². The monoisotopic (exact) mass is 472 g/mol. The lowest BCUT2D eigenvalue weighted by Gasteiger charge is -2.11. The number of carbonyl (C=O) groups is 2. The molecule has 32 heavy (non-hydrogen) atoms. The van der Waals surface area contributed by atoms with Gasteiger partial charge in [0.15, 0.2) is 0 Å². The van der Waals surface area contributed by atoms with Gasteiger partial charge in [-0.2, -0.15) is 0 Å². The second kappa shape index (κ2) is 9.04. The van der Waals surface area contributed by atoms with Gasteiger partial charge in [-0.1, -0.05) is 35.3 Å². The first-order valence-corrected chi connectivity index (χ1v) is 10.3. The topological polar surface area (TPSA) is 96.4 Å². The number of nitrogens with one attached hydrogen (secondary N) is 2. The SMILES string of the molecule is COCc1[nH]n(-c2ccc(Cl)cc2)c(=O)c1C=C1NC(=O)N(Cc2cccc(Cl)c2)C1=O. The Morgan fingerprint density at radius 3 is 2.47 bits per heavy atom. The van der Waals surface area contributed by atoms with Crippen molar-refractivity contribution in [3.05, 3.63) is 91.4 Å². The quantitative estimate of drug-likeness (QED) is 0.422. The van der Waals surface area contributed by atoms with Crippen molar-refractivity contribution in [2.24, 2.45) is 0 Å². The highest BCUT2D eigenvalue weighted by atomic mass is 35.5. The van der Waals surface area contributed by atoms with E-state index in [4.69, 9.17) is 27.9 Å². The van der Waals surface area contributed by atoms with Crippen molar-refractivity contribution in [2.75, 3.05) is 7.11 Å². The fourth-order valence-corrected chi connectivity index (χ4v) is 3.69. The number of halogens is 2. The van der Waals surface area contributed by atoms with Crippen LogP contribution in [0.3, 0.4) is 0 Å². The maximum absolute atomic E-state index is 13.1. The van der Waals surface area contributed by atoms with Crippen molar-refractivity contribution in [2.45, 2.75) is 13.2 Å². The Morgan fingerprint density at radius 1 is 1.03 bits per heavy atom. The Hall–Kier alpha value is -3.33. The molecular weight excluding hydrogens is 455 g/mol. The first-order chi connectivity index (χ1) is 15.4. The molecule has 3 aromatic rings. The van der Waals surface area contributed by atoms with Crippen LogP contribution in [-0.2, 0) is 22.7 Å². The normalized spacial score (nSPS) is 15.0. The highest BCUT2D eigenvalue weighted by Crippen LogP contribution is 2.20. The van der Waals surface area contributed by atoms with Gasteiger partial charge in [0.05, 0.1) is 30.1 Å². The van der Waals surface area contributed by atoms with E-state index in [-0.39, 0.29) is 24.4 Å². The summed E-state index contributed by atoms with van der Waals surface area (Å²) in [6.45, 7) is 0.152. The van der Waals surface area contributed by atoms with Gasteiger partial charge < -0.3 is 10.1 Å². The maximum atomic E-state index is 13.1. The van der Waals surface area contributed by atoms with Gasteiger partial charge in [0.2, 0.25) is 0 Å². The van der Waals surface area contributed by atoms with Crippen LogP contribution in [-0.4, -0.2) is 33.7 Å². The summed E-state index contributed by atoms with van der Waals surface area (Å²) in [4.78, 5) is 39.4. The average Bonchev–Trinajstić information content (AvgIpc) is 3.20. The molecule has 1 aliphatic heterocycles. The molecule has 10 heteroatoms. The molecule has 0 unspecified atom stereocenters. The molecule has 0 radical (unpaired) electrons. The lowest BCUT2D eigenvalue weighted by atomic mass is 10.2. The van der Waals surface area contributed by atoms with Gasteiger partial charge in [0, 0.05) is 17.2 Å². The molecule has 8 nitrogen and oxygen atoms in total. The van der Waals surface area contributed by atoms with Crippen LogP contribution in [0.15, 0.2) is 59.0 Å². The van der Waals surface area contributed by atoms with Gasteiger partial charge in [-0.3, -0.25) is 19.6 Å². The predicted octanol–water partition coefficient (Wildman–Crippen LogP) is 3.71. The molecule has 164 valence electrons. The molecule has 3 amide bonds. The third-order valence-electron chi connectivity index (χ3n) is 4.86. The Morgan fingerprint density at radius 2 is 1.78 bits per heavy atom. The highest BCUT2D eigenvalue weighted by molar-refractivity contribution is 6.30. The molecule has 4 rings (SSSR count). The minimum absolute atomic E-state index is 0.00580. The predicted molar refractivity (Wildman–Crippen MR) is 121 cm³/mol. The van der Waals surface area contributed by atoms with Gasteiger partial charge in [-0.25, -0.2) is 9.48 Å². The van der Waals surface area contributed by atoms with Crippen LogP contribution in [0, 0.1) is 0 Å². The molecule has 2 aromatic carbocycles. The summed E-state index contributed by atoms with van der Waals surface area (Å²) in [5.74, 6) is -0.544. The third kappa shape index (κ3) is 4.34. The highest BCUT2D eigenvalue weighted by Gasteiger charge is 2.34. The molecule has 1 aliphatic rings. The summed E-state index contributed by atoms with van der Waals surface area (Å²) in [6, 6.07) is 13.0. The van der Waals surface area contributed by atoms with Crippen molar-refractivity contribution in [1.82, 2.24) is 20.0 Å². The summed E-state index contributed by atoms with van der Waals surface area (Å²) >= 11 is 11.9. The zero-order valence-electron chi connectivity index (χ0n) is 16.9. The summed E-state index contributed by atoms with van der Waals surface area (Å²) in [7, 11) is 1.49. The van der Waals surface area contributed by atoms with E-state index in [1.165, 1.54) is 17.9 Å². The molecule has 0 saturated carbocycles. The van der Waals surface area contributed by atoms with Crippen LogP contribution in [0.25, 0.3) is 11.8 Å². The maximum Gasteiger partial charge on any atom is 0.329 e. The molecule has 0 atom stereocenters. The molecule has 1 fully saturated rings. The average molecular weight is 473 g/mol. The number of hydrogen-bond donors (Lipinski definition) is 2. The number of rotatable bonds is 6. The van der Waals surface area contributed by atoms with Crippen molar-refractivity contribution < 1.29 is 14.3 Å². The molecular formula is C22H18Cl2N4O4. The molecule has 2 N–H and O–H groups in total. The number of aromatic nitrogens is 2. The lowest BCUT2D eigenvalue weighted by Crippen LogP contribution is -2.30. The standard InChI is InChI=1S/C22H18Cl2N4O4/c1-32-12-19-17(20(29)28(26-19)16-7-5-14(23)6-8-16)10-18-21(30)27(22(31)25-18)11-13-3-2-4-15(24)9-13/h2-10,26H,11-12H2,1H3,(H,25,31). The number of imide groups is 1. The lowest BCUT2D eigenvalue weighted by molar-refractivity contribution is -0.123. The van der Waals surface area contributed by atoms with E-state index in [1.54, 1.807) is 48.5 Å². The van der Waals surface area contributed by atoms with Crippen LogP contribution in [0.2, 0.25) is 10.0 Å². The van der Waals surface area contributed by atoms with E-state index >= 15 is 0 Å². The number of urea groups is 1. The Balaban J connectivity index is 1.68. The number of hydrogen-bond acceptors (Lipinski definition) is 4. The van der Waals surface area contributed by atoms with Crippen LogP contribution in [0.4, 0.5) is 4.79 Å². The van der Waals surface area contributed by atoms with E-state index < -0.39 is 17.5 Å². The number of nitrogens with zero attached hydrogens (tertiary/aromatic N) is 2. The number of carbonyl (C=O) groups excluding carboxylic acids is 2. The van der Waals surface area contributed by atoms with E-state index in [0.717, 1.165) is 4.90 Å². The minimum Gasteiger partial charge on any atom is -0.378 e. The molecule has 0 aliphatic carbocycles. The number of aromatic amines is 1. The van der Waals surface area contributed by atoms with Gasteiger partial charge >= 0.3 is 6.03 Å². The van der Waals surface area contributed by atoms with Crippen molar-refractivity contribution in [3.63, 3.8) is 0 Å². The summed E-state index contributed by atoms with van der Waals surface area (Å²) in [5.41, 5.74) is 1.51. The molecule has 2 heterocycles. The van der Waals surface area contributed by atoms with Crippen molar-refractivity contribution in [3.8, 4) is 5.69 Å². The van der Waals surface area contributed by atoms with E-state index in [2.05, 4.69) is 10.4 Å². The fourth-order valence-electron chi connectivity index (χ4n) is 3.35. The molecule has 1 aromatic heterocycles. The third-order valence-corrected chi connectivity index (χ3v) is 5.35. The summed E-state index contributed by atoms with van der Waals surface area (Å²) in [6.07, 6.45) is 1.36. The first kappa shape index (κ1) is 21.9. The number of methoxy groups -OCH3 is 1. The van der Waals surface area contributed by atoms with E-state index in [0.29, 0.717) is 27.0 Å². The van der Waals surface area contributed by atoms with Crippen LogP contribution < -0.4 is 10.9 Å². The zero-order chi connectivity index (χ0) is 22.8. The number of benzene rings is 2. The second-order valence-corrected chi connectivity index (χ2v) is 7.94. The number of H-pyrrole nitrogens is 1. The van der Waals surface area contributed by atoms with Crippen molar-refractivity contribution in [1.29, 1.82) is 0 Å². The fraction of sp³-hybridized carbons (Fsp3) is 0.136. The Labute approximate surface area is 193 Å². The van der Waals surface area contributed by atoms with E-state index in [1.807, 2.05) is 0 Å². The smallest absolute Gasteiger partial charge is 0.329 e. The number of amides is 3. The first-order valence-electron chi connectivity index (χ1n) is 9.55. The van der Waals surface area contributed by atoms with Crippen molar-refractivity contribution >= 4 is 41.2 Å². The van der Waals surface area contributed by atoms with Gasteiger partial charge in [0.25, 0.3) is 11.5 Å². The largest absolute Gasteiger partial charge is 0.378 e. The van der Waals surface area contributed by atoms with Gasteiger partial charge in [-0.05, 0) is 48.0 Å². The van der Waals surface area contributed by atoms with Crippen LogP contribution >= 0.6 is 23.2 Å². The minimum atomic E-state index is -0.580. The number of ether oxygens (including phenoxy) is 1. The zero-order valence-corrected chi connectivity index (χ0v) is 18.4. The van der Waals surface area contributed by atoms with Gasteiger partial charge in [-0.15, -0.1) is 0 Å². The Kier molecular flexibility index (Phi) is 6.18. The van der Waals surface area contributed by atoms with Gasteiger partial charge in [0.1, 0.15) is 5.70 Å². The van der Waals surface area contributed by atoms with Crippen LogP contribution in [0.1, 0.15) is 16.8 Å². The second-order valence-electron chi connectivity index (χ2n) is 7.06. The Bertz CT molecular complexity index is 1280. The summed E-state index contributed by atoms with van der Waals surface area (Å²) < 4.78 is 6.51. The van der Waals surface area contributed by atoms with Crippen LogP contribution in [0.5, 0.6) is 0 Å². The molecule has 0 spiro atoms. The molecule has 1 saturated heterocycles. The summed E-state index contributed by atoms with van der Waals surface area (Å²) in [5, 5.41) is 6.56.